The second-order valence-electron chi connectivity index (χ2n) is 4.65. The quantitative estimate of drug-likeness (QED) is 0.635. The van der Waals surface area contributed by atoms with Gasteiger partial charge < -0.3 is 10.2 Å². The van der Waals surface area contributed by atoms with Crippen molar-refractivity contribution in [2.45, 2.75) is 53.5 Å². The molecule has 0 aromatic heterocycles. The summed E-state index contributed by atoms with van der Waals surface area (Å²) >= 11 is 0. The van der Waals surface area contributed by atoms with Gasteiger partial charge in [0.15, 0.2) is 0 Å². The lowest BCUT2D eigenvalue weighted by Crippen LogP contribution is -2.39. The molecular formula is C13H30N2. The predicted molar refractivity (Wildman–Crippen MR) is 69.3 cm³/mol. The molecule has 92 valence electrons. The van der Waals surface area contributed by atoms with E-state index in [4.69, 9.17) is 0 Å². The maximum Gasteiger partial charge on any atom is 0.0107 e. The standard InChI is InChI=1S/C13H30N2/c1-6-10-15(8-3)11-9-14-13(7-2)12(4)5/h12-14H,6-11H2,1-5H3. The van der Waals surface area contributed by atoms with E-state index in [2.05, 4.69) is 44.8 Å². The molecule has 2 nitrogen and oxygen atoms in total. The normalized spacial score (nSPS) is 13.8. The Morgan fingerprint density at radius 2 is 1.73 bits per heavy atom. The Hall–Kier alpha value is -0.0800. The fraction of sp³-hybridized carbons (Fsp3) is 1.00. The molecule has 1 N–H and O–H groups in total. The molecule has 1 atom stereocenters. The number of nitrogens with one attached hydrogen (secondary N) is 1. The summed E-state index contributed by atoms with van der Waals surface area (Å²) in [4.78, 5) is 2.51. The first-order chi connectivity index (χ1) is 7.15. The molecule has 0 aromatic rings. The Bertz CT molecular complexity index is 134. The van der Waals surface area contributed by atoms with E-state index in [1.165, 1.54) is 32.5 Å². The van der Waals surface area contributed by atoms with Crippen molar-refractivity contribution in [1.29, 1.82) is 0 Å². The summed E-state index contributed by atoms with van der Waals surface area (Å²) in [6, 6.07) is 0.685. The highest BCUT2D eigenvalue weighted by Gasteiger charge is 2.09. The van der Waals surface area contributed by atoms with Crippen LogP contribution in [0.5, 0.6) is 0 Å². The molecule has 0 amide bonds. The van der Waals surface area contributed by atoms with Crippen LogP contribution in [0.25, 0.3) is 0 Å². The van der Waals surface area contributed by atoms with Crippen molar-refractivity contribution >= 4 is 0 Å². The van der Waals surface area contributed by atoms with Crippen molar-refractivity contribution in [3.8, 4) is 0 Å². The number of nitrogens with zero attached hydrogens (tertiary/aromatic N) is 1. The van der Waals surface area contributed by atoms with Gasteiger partial charge >= 0.3 is 0 Å². The van der Waals surface area contributed by atoms with E-state index >= 15 is 0 Å². The van der Waals surface area contributed by atoms with Crippen LogP contribution < -0.4 is 5.32 Å². The molecule has 0 fully saturated rings. The zero-order valence-electron chi connectivity index (χ0n) is 11.3. The Kier molecular flexibility index (Phi) is 9.12. The lowest BCUT2D eigenvalue weighted by molar-refractivity contribution is 0.273. The summed E-state index contributed by atoms with van der Waals surface area (Å²) in [5.41, 5.74) is 0. The largest absolute Gasteiger partial charge is 0.312 e. The molecule has 0 aromatic carbocycles. The molecule has 2 heteroatoms. The Morgan fingerprint density at radius 3 is 2.13 bits per heavy atom. The highest BCUT2D eigenvalue weighted by molar-refractivity contribution is 4.69. The van der Waals surface area contributed by atoms with Crippen LogP contribution in [0.2, 0.25) is 0 Å². The molecule has 0 aliphatic heterocycles. The first-order valence-electron chi connectivity index (χ1n) is 6.61. The second kappa shape index (κ2) is 9.17. The van der Waals surface area contributed by atoms with Crippen molar-refractivity contribution in [3.05, 3.63) is 0 Å². The molecule has 0 aliphatic carbocycles. The smallest absolute Gasteiger partial charge is 0.0107 e. The van der Waals surface area contributed by atoms with Gasteiger partial charge in [0.25, 0.3) is 0 Å². The number of rotatable bonds is 9. The molecule has 0 saturated heterocycles. The molecular weight excluding hydrogens is 184 g/mol. The molecule has 0 spiro atoms. The summed E-state index contributed by atoms with van der Waals surface area (Å²) in [6.07, 6.45) is 2.49. The van der Waals surface area contributed by atoms with E-state index in [0.717, 1.165) is 12.5 Å². The zero-order chi connectivity index (χ0) is 11.7. The minimum atomic E-state index is 0.685. The maximum absolute atomic E-state index is 3.65. The first kappa shape index (κ1) is 14.9. The van der Waals surface area contributed by atoms with Gasteiger partial charge in [-0.3, -0.25) is 0 Å². The lowest BCUT2D eigenvalue weighted by atomic mass is 10.0. The summed E-state index contributed by atoms with van der Waals surface area (Å²) in [7, 11) is 0. The van der Waals surface area contributed by atoms with E-state index in [0.29, 0.717) is 6.04 Å². The highest BCUT2D eigenvalue weighted by atomic mass is 15.1. The van der Waals surface area contributed by atoms with Gasteiger partial charge in [-0.1, -0.05) is 34.6 Å². The first-order valence-corrected chi connectivity index (χ1v) is 6.61. The zero-order valence-corrected chi connectivity index (χ0v) is 11.3. The van der Waals surface area contributed by atoms with Gasteiger partial charge in [0.2, 0.25) is 0 Å². The average molecular weight is 214 g/mol. The molecule has 0 heterocycles. The lowest BCUT2D eigenvalue weighted by Gasteiger charge is -2.24. The third-order valence-electron chi connectivity index (χ3n) is 3.07. The topological polar surface area (TPSA) is 15.3 Å². The molecule has 0 saturated carbocycles. The Balaban J connectivity index is 3.65. The van der Waals surface area contributed by atoms with Crippen LogP contribution in [0.4, 0.5) is 0 Å². The molecule has 0 aliphatic rings. The SMILES string of the molecule is CCCN(CC)CCNC(CC)C(C)C. The molecule has 1 unspecified atom stereocenters. The summed E-state index contributed by atoms with van der Waals surface area (Å²) < 4.78 is 0. The molecule has 0 bridgehead atoms. The summed E-state index contributed by atoms with van der Waals surface area (Å²) in [6.45, 7) is 16.1. The fourth-order valence-electron chi connectivity index (χ4n) is 2.00. The minimum Gasteiger partial charge on any atom is -0.312 e. The highest BCUT2D eigenvalue weighted by Crippen LogP contribution is 2.04. The second-order valence-corrected chi connectivity index (χ2v) is 4.65. The van der Waals surface area contributed by atoms with Crippen LogP contribution in [0.15, 0.2) is 0 Å². The Labute approximate surface area is 96.4 Å². The van der Waals surface area contributed by atoms with Crippen molar-refractivity contribution in [2.75, 3.05) is 26.2 Å². The van der Waals surface area contributed by atoms with Crippen molar-refractivity contribution in [2.24, 2.45) is 5.92 Å². The molecule has 15 heavy (non-hydrogen) atoms. The van der Waals surface area contributed by atoms with Crippen molar-refractivity contribution in [3.63, 3.8) is 0 Å². The van der Waals surface area contributed by atoms with Gasteiger partial charge in [0, 0.05) is 19.1 Å². The van der Waals surface area contributed by atoms with Crippen LogP contribution in [0.3, 0.4) is 0 Å². The van der Waals surface area contributed by atoms with Gasteiger partial charge in [-0.25, -0.2) is 0 Å². The van der Waals surface area contributed by atoms with Crippen molar-refractivity contribution in [1.82, 2.24) is 10.2 Å². The molecule has 0 radical (unpaired) electrons. The van der Waals surface area contributed by atoms with Gasteiger partial charge in [0.05, 0.1) is 0 Å². The van der Waals surface area contributed by atoms with Gasteiger partial charge in [-0.05, 0) is 31.8 Å². The predicted octanol–water partition coefficient (Wildman–Crippen LogP) is 2.74. The van der Waals surface area contributed by atoms with Crippen LogP contribution in [0.1, 0.15) is 47.5 Å². The van der Waals surface area contributed by atoms with Crippen LogP contribution in [-0.2, 0) is 0 Å². The average Bonchev–Trinajstić information content (AvgIpc) is 2.22. The Morgan fingerprint density at radius 1 is 1.07 bits per heavy atom. The molecule has 0 rings (SSSR count). The van der Waals surface area contributed by atoms with E-state index in [1.807, 2.05) is 0 Å². The van der Waals surface area contributed by atoms with Gasteiger partial charge in [0.1, 0.15) is 0 Å². The monoisotopic (exact) mass is 214 g/mol. The van der Waals surface area contributed by atoms with Gasteiger partial charge in [-0.2, -0.15) is 0 Å². The van der Waals surface area contributed by atoms with E-state index < -0.39 is 0 Å². The number of hydrogen-bond acceptors (Lipinski definition) is 2. The van der Waals surface area contributed by atoms with Crippen LogP contribution in [0, 0.1) is 5.92 Å². The van der Waals surface area contributed by atoms with Crippen LogP contribution in [-0.4, -0.2) is 37.1 Å². The van der Waals surface area contributed by atoms with E-state index in [-0.39, 0.29) is 0 Å². The number of likely N-dealkylation sites (N-methyl/N-ethyl adjacent to an activating group) is 1. The summed E-state index contributed by atoms with van der Waals surface area (Å²) in [5, 5.41) is 3.65. The van der Waals surface area contributed by atoms with Crippen molar-refractivity contribution < 1.29 is 0 Å². The maximum atomic E-state index is 3.65. The van der Waals surface area contributed by atoms with E-state index in [9.17, 15) is 0 Å². The van der Waals surface area contributed by atoms with E-state index in [1.54, 1.807) is 0 Å². The van der Waals surface area contributed by atoms with Gasteiger partial charge in [-0.15, -0.1) is 0 Å². The summed E-state index contributed by atoms with van der Waals surface area (Å²) in [5.74, 6) is 0.747. The third-order valence-corrected chi connectivity index (χ3v) is 3.07. The third kappa shape index (κ3) is 6.91. The fourth-order valence-corrected chi connectivity index (χ4v) is 2.00. The van der Waals surface area contributed by atoms with Crippen LogP contribution >= 0.6 is 0 Å². The number of hydrogen-bond donors (Lipinski definition) is 1. The minimum absolute atomic E-state index is 0.685.